The molecular formula is C19H22ClN5O2. The molecule has 0 aliphatic heterocycles. The highest BCUT2D eigenvalue weighted by molar-refractivity contribution is 6.28. The Bertz CT molecular complexity index is 953. The van der Waals surface area contributed by atoms with Crippen LogP contribution in [-0.2, 0) is 6.54 Å². The van der Waals surface area contributed by atoms with Gasteiger partial charge in [0.2, 0.25) is 5.28 Å². The Balaban J connectivity index is 1.62. The molecule has 142 valence electrons. The molecule has 0 saturated heterocycles. The number of aromatic nitrogens is 4. The van der Waals surface area contributed by atoms with E-state index < -0.39 is 0 Å². The van der Waals surface area contributed by atoms with Gasteiger partial charge in [0.1, 0.15) is 11.5 Å². The molecule has 1 aliphatic rings. The third-order valence-electron chi connectivity index (χ3n) is 5.05. The highest BCUT2D eigenvalue weighted by atomic mass is 35.5. The molecule has 0 radical (unpaired) electrons. The van der Waals surface area contributed by atoms with Crippen LogP contribution in [0.25, 0.3) is 11.2 Å². The summed E-state index contributed by atoms with van der Waals surface area (Å²) in [7, 11) is 3.27. The van der Waals surface area contributed by atoms with Crippen LogP contribution in [0.1, 0.15) is 37.3 Å². The third kappa shape index (κ3) is 3.51. The SMILES string of the molecule is COc1ccc(CNc2nc(Cl)nc3c2ncn3C2CCCC2)c(OC)c1. The summed E-state index contributed by atoms with van der Waals surface area (Å²) in [6.07, 6.45) is 6.64. The smallest absolute Gasteiger partial charge is 0.226 e. The van der Waals surface area contributed by atoms with Crippen molar-refractivity contribution >= 4 is 28.6 Å². The zero-order valence-corrected chi connectivity index (χ0v) is 16.2. The Kier molecular flexibility index (Phi) is 5.03. The molecule has 27 heavy (non-hydrogen) atoms. The van der Waals surface area contributed by atoms with Gasteiger partial charge in [-0.2, -0.15) is 9.97 Å². The number of methoxy groups -OCH3 is 2. The van der Waals surface area contributed by atoms with Crippen molar-refractivity contribution in [1.82, 2.24) is 19.5 Å². The number of imidazole rings is 1. The van der Waals surface area contributed by atoms with Gasteiger partial charge in [-0.3, -0.25) is 0 Å². The van der Waals surface area contributed by atoms with Crippen LogP contribution >= 0.6 is 11.6 Å². The average molecular weight is 388 g/mol. The fourth-order valence-electron chi connectivity index (χ4n) is 3.64. The molecule has 8 heteroatoms. The van der Waals surface area contributed by atoms with E-state index in [-0.39, 0.29) is 5.28 Å². The minimum Gasteiger partial charge on any atom is -0.497 e. The lowest BCUT2D eigenvalue weighted by atomic mass is 10.2. The minimum atomic E-state index is 0.214. The van der Waals surface area contributed by atoms with Gasteiger partial charge in [0.25, 0.3) is 0 Å². The van der Waals surface area contributed by atoms with Crippen LogP contribution in [0.3, 0.4) is 0 Å². The van der Waals surface area contributed by atoms with Gasteiger partial charge in [-0.15, -0.1) is 0 Å². The molecule has 1 fully saturated rings. The first kappa shape index (κ1) is 17.9. The minimum absolute atomic E-state index is 0.214. The molecule has 1 aromatic carbocycles. The van der Waals surface area contributed by atoms with E-state index in [0.717, 1.165) is 41.1 Å². The molecule has 4 rings (SSSR count). The van der Waals surface area contributed by atoms with E-state index in [2.05, 4.69) is 24.8 Å². The molecule has 7 nitrogen and oxygen atoms in total. The van der Waals surface area contributed by atoms with E-state index in [4.69, 9.17) is 21.1 Å². The number of nitrogens with one attached hydrogen (secondary N) is 1. The van der Waals surface area contributed by atoms with E-state index in [1.807, 2.05) is 24.5 Å². The predicted octanol–water partition coefficient (Wildman–Crippen LogP) is 4.22. The maximum atomic E-state index is 6.19. The summed E-state index contributed by atoms with van der Waals surface area (Å²) in [5.41, 5.74) is 2.50. The second-order valence-corrected chi connectivity index (χ2v) is 6.97. The van der Waals surface area contributed by atoms with Crippen LogP contribution in [0.2, 0.25) is 5.28 Å². The predicted molar refractivity (Wildman–Crippen MR) is 105 cm³/mol. The summed E-state index contributed by atoms with van der Waals surface area (Å²) in [5, 5.41) is 3.54. The van der Waals surface area contributed by atoms with Gasteiger partial charge in [-0.1, -0.05) is 12.8 Å². The van der Waals surface area contributed by atoms with Gasteiger partial charge in [-0.25, -0.2) is 4.98 Å². The van der Waals surface area contributed by atoms with E-state index >= 15 is 0 Å². The van der Waals surface area contributed by atoms with E-state index in [0.29, 0.717) is 18.4 Å². The van der Waals surface area contributed by atoms with Gasteiger partial charge in [-0.05, 0) is 36.6 Å². The summed E-state index contributed by atoms with van der Waals surface area (Å²) < 4.78 is 12.8. The monoisotopic (exact) mass is 387 g/mol. The van der Waals surface area contributed by atoms with Gasteiger partial charge in [0.05, 0.1) is 20.5 Å². The van der Waals surface area contributed by atoms with Crippen molar-refractivity contribution in [2.75, 3.05) is 19.5 Å². The molecule has 2 heterocycles. The molecule has 0 unspecified atom stereocenters. The molecule has 0 amide bonds. The molecule has 1 aliphatic carbocycles. The van der Waals surface area contributed by atoms with Crippen LogP contribution in [0.15, 0.2) is 24.5 Å². The van der Waals surface area contributed by atoms with Gasteiger partial charge >= 0.3 is 0 Å². The maximum absolute atomic E-state index is 6.19. The molecule has 0 atom stereocenters. The summed E-state index contributed by atoms with van der Waals surface area (Å²) in [5.74, 6) is 2.12. The lowest BCUT2D eigenvalue weighted by Crippen LogP contribution is -2.07. The van der Waals surface area contributed by atoms with Crippen molar-refractivity contribution in [3.05, 3.63) is 35.4 Å². The number of hydrogen-bond acceptors (Lipinski definition) is 6. The molecule has 0 spiro atoms. The van der Waals surface area contributed by atoms with E-state index in [9.17, 15) is 0 Å². The fourth-order valence-corrected chi connectivity index (χ4v) is 3.80. The number of anilines is 1. The van der Waals surface area contributed by atoms with Crippen LogP contribution in [0, 0.1) is 0 Å². The van der Waals surface area contributed by atoms with Crippen LogP contribution in [-0.4, -0.2) is 33.7 Å². The van der Waals surface area contributed by atoms with Gasteiger partial charge in [0.15, 0.2) is 17.0 Å². The lowest BCUT2D eigenvalue weighted by molar-refractivity contribution is 0.391. The fraction of sp³-hybridized carbons (Fsp3) is 0.421. The highest BCUT2D eigenvalue weighted by Gasteiger charge is 2.21. The van der Waals surface area contributed by atoms with Gasteiger partial charge < -0.3 is 19.4 Å². The number of ether oxygens (including phenoxy) is 2. The molecular weight excluding hydrogens is 366 g/mol. The Labute approximate surface area is 162 Å². The number of hydrogen-bond donors (Lipinski definition) is 1. The number of benzene rings is 1. The second-order valence-electron chi connectivity index (χ2n) is 6.63. The molecule has 2 aromatic heterocycles. The molecule has 1 saturated carbocycles. The first-order valence-corrected chi connectivity index (χ1v) is 9.42. The molecule has 1 N–H and O–H groups in total. The maximum Gasteiger partial charge on any atom is 0.226 e. The van der Waals surface area contributed by atoms with Crippen molar-refractivity contribution in [3.8, 4) is 11.5 Å². The molecule has 3 aromatic rings. The van der Waals surface area contributed by atoms with Gasteiger partial charge in [0, 0.05) is 24.2 Å². The van der Waals surface area contributed by atoms with Crippen LogP contribution < -0.4 is 14.8 Å². The zero-order chi connectivity index (χ0) is 18.8. The number of halogens is 1. The molecule has 0 bridgehead atoms. The zero-order valence-electron chi connectivity index (χ0n) is 15.4. The van der Waals surface area contributed by atoms with Crippen molar-refractivity contribution in [2.45, 2.75) is 38.3 Å². The van der Waals surface area contributed by atoms with Crippen molar-refractivity contribution < 1.29 is 9.47 Å². The quantitative estimate of drug-likeness (QED) is 0.638. The van der Waals surface area contributed by atoms with Crippen molar-refractivity contribution in [3.63, 3.8) is 0 Å². The Morgan fingerprint density at radius 3 is 2.74 bits per heavy atom. The Morgan fingerprint density at radius 1 is 1.19 bits per heavy atom. The first-order chi connectivity index (χ1) is 13.2. The first-order valence-electron chi connectivity index (χ1n) is 9.04. The lowest BCUT2D eigenvalue weighted by Gasteiger charge is -2.13. The third-order valence-corrected chi connectivity index (χ3v) is 5.22. The number of fused-ring (bicyclic) bond motifs is 1. The van der Waals surface area contributed by atoms with Crippen LogP contribution in [0.5, 0.6) is 11.5 Å². The average Bonchev–Trinajstić information content (AvgIpc) is 3.35. The summed E-state index contributed by atoms with van der Waals surface area (Å²) in [6, 6.07) is 6.16. The summed E-state index contributed by atoms with van der Waals surface area (Å²) >= 11 is 6.19. The second kappa shape index (κ2) is 7.60. The van der Waals surface area contributed by atoms with E-state index in [1.165, 1.54) is 12.8 Å². The summed E-state index contributed by atoms with van der Waals surface area (Å²) in [6.45, 7) is 0.520. The summed E-state index contributed by atoms with van der Waals surface area (Å²) in [4.78, 5) is 13.3. The standard InChI is InChI=1S/C19H22ClN5O2/c1-26-14-8-7-12(15(9-14)27-2)10-21-17-16-18(24-19(20)23-17)25(11-22-16)13-5-3-4-6-13/h7-9,11,13H,3-6,10H2,1-2H3,(H,21,23,24). The van der Waals surface area contributed by atoms with Crippen LogP contribution in [0.4, 0.5) is 5.82 Å². The Morgan fingerprint density at radius 2 is 2.00 bits per heavy atom. The van der Waals surface area contributed by atoms with E-state index in [1.54, 1.807) is 14.2 Å². The Hall–Kier alpha value is -2.54. The normalized spacial score (nSPS) is 14.6. The topological polar surface area (TPSA) is 74.1 Å². The largest absolute Gasteiger partial charge is 0.497 e. The highest BCUT2D eigenvalue weighted by Crippen LogP contribution is 2.33. The van der Waals surface area contributed by atoms with Crippen molar-refractivity contribution in [1.29, 1.82) is 0 Å². The number of nitrogens with zero attached hydrogens (tertiary/aromatic N) is 4. The van der Waals surface area contributed by atoms with Crippen molar-refractivity contribution in [2.24, 2.45) is 0 Å². The number of rotatable bonds is 6.